The Morgan fingerprint density at radius 1 is 1.26 bits per heavy atom. The van der Waals surface area contributed by atoms with E-state index in [4.69, 9.17) is 4.74 Å². The first-order valence-electron chi connectivity index (χ1n) is 9.77. The number of fused-ring (bicyclic) bond motifs is 1. The second-order valence-electron chi connectivity index (χ2n) is 7.35. The molecular weight excluding hydrogens is 401 g/mol. The molecule has 0 aliphatic heterocycles. The van der Waals surface area contributed by atoms with E-state index in [0.717, 1.165) is 41.4 Å². The fraction of sp³-hybridized carbons (Fsp3) is 0.182. The van der Waals surface area contributed by atoms with Crippen molar-refractivity contribution in [2.75, 3.05) is 12.4 Å². The number of rotatable bonds is 6. The molecule has 0 radical (unpaired) electrons. The van der Waals surface area contributed by atoms with Crippen LogP contribution >= 0.6 is 0 Å². The third kappa shape index (κ3) is 3.43. The topological polar surface area (TPSA) is 95.1 Å². The number of ether oxygens (including phenoxy) is 1. The minimum Gasteiger partial charge on any atom is -0.494 e. The van der Waals surface area contributed by atoms with Crippen molar-refractivity contribution in [2.24, 2.45) is 0 Å². The van der Waals surface area contributed by atoms with Crippen LogP contribution < -0.4 is 10.1 Å². The van der Waals surface area contributed by atoms with Gasteiger partial charge in [0.2, 0.25) is 11.8 Å². The minimum atomic E-state index is -0.977. The van der Waals surface area contributed by atoms with Gasteiger partial charge in [-0.3, -0.25) is 10.1 Å². The van der Waals surface area contributed by atoms with Gasteiger partial charge in [-0.15, -0.1) is 0 Å². The normalized spacial score (nSPS) is 13.4. The zero-order valence-electron chi connectivity index (χ0n) is 16.6. The molecule has 8 nitrogen and oxygen atoms in total. The second-order valence-corrected chi connectivity index (χ2v) is 7.35. The molecule has 0 spiro atoms. The monoisotopic (exact) mass is 419 g/mol. The van der Waals surface area contributed by atoms with Gasteiger partial charge >= 0.3 is 5.69 Å². The van der Waals surface area contributed by atoms with Crippen LogP contribution in [-0.4, -0.2) is 26.6 Å². The fourth-order valence-corrected chi connectivity index (χ4v) is 3.70. The molecule has 2 heterocycles. The predicted molar refractivity (Wildman–Crippen MR) is 114 cm³/mol. The van der Waals surface area contributed by atoms with Crippen LogP contribution in [-0.2, 0) is 0 Å². The largest absolute Gasteiger partial charge is 0.494 e. The zero-order chi connectivity index (χ0) is 21.5. The summed E-state index contributed by atoms with van der Waals surface area (Å²) in [6, 6.07) is 12.5. The maximum Gasteiger partial charge on any atom is 0.307 e. The molecule has 31 heavy (non-hydrogen) atoms. The number of nitrogens with one attached hydrogen (secondary N) is 1. The smallest absolute Gasteiger partial charge is 0.307 e. The van der Waals surface area contributed by atoms with Gasteiger partial charge in [-0.2, -0.15) is 4.39 Å². The van der Waals surface area contributed by atoms with Crippen molar-refractivity contribution < 1.29 is 14.1 Å². The van der Waals surface area contributed by atoms with Crippen LogP contribution in [0.4, 0.5) is 21.7 Å². The van der Waals surface area contributed by atoms with E-state index in [1.54, 1.807) is 6.20 Å². The Balaban J connectivity index is 1.55. The molecule has 1 saturated carbocycles. The summed E-state index contributed by atoms with van der Waals surface area (Å²) in [4.78, 5) is 19.1. The van der Waals surface area contributed by atoms with Gasteiger partial charge in [0, 0.05) is 47.0 Å². The highest BCUT2D eigenvalue weighted by Gasteiger charge is 2.26. The molecular formula is C22H18FN5O3. The standard InChI is InChI=1S/C22H18FN5O3/c1-31-21-10-16(23)20(28(29)30)11-18(21)26-22-24-9-8-17(25-22)15-12-27(13-6-7-13)19-5-3-2-4-14(15)19/h2-5,8-13H,6-7H2,1H3,(H,24,25,26). The van der Waals surface area contributed by atoms with Crippen LogP contribution in [0, 0.1) is 15.9 Å². The third-order valence-corrected chi connectivity index (χ3v) is 5.32. The quantitative estimate of drug-likeness (QED) is 0.340. The SMILES string of the molecule is COc1cc(F)c([N+](=O)[O-])cc1Nc1nccc(-c2cn(C3CC3)c3ccccc23)n1. The lowest BCUT2D eigenvalue weighted by Gasteiger charge is -2.11. The summed E-state index contributed by atoms with van der Waals surface area (Å²) in [7, 11) is 1.36. The van der Waals surface area contributed by atoms with Gasteiger partial charge in [0.1, 0.15) is 5.75 Å². The molecule has 0 bridgehead atoms. The Morgan fingerprint density at radius 2 is 2.06 bits per heavy atom. The summed E-state index contributed by atoms with van der Waals surface area (Å²) in [6.07, 6.45) is 6.05. The van der Waals surface area contributed by atoms with E-state index in [2.05, 4.69) is 38.2 Å². The molecule has 2 aromatic heterocycles. The molecule has 1 aliphatic rings. The molecule has 4 aromatic rings. The predicted octanol–water partition coefficient (Wildman–Crippen LogP) is 5.23. The van der Waals surface area contributed by atoms with Crippen LogP contribution in [0.3, 0.4) is 0 Å². The van der Waals surface area contributed by atoms with Crippen molar-refractivity contribution in [3.8, 4) is 17.0 Å². The Labute approximate surface area is 176 Å². The van der Waals surface area contributed by atoms with Crippen LogP contribution in [0.2, 0.25) is 0 Å². The van der Waals surface area contributed by atoms with Crippen LogP contribution in [0.25, 0.3) is 22.2 Å². The van der Waals surface area contributed by atoms with E-state index < -0.39 is 16.4 Å². The Hall–Kier alpha value is -4.01. The Kier molecular flexibility index (Phi) is 4.50. The molecule has 1 N–H and O–H groups in total. The van der Waals surface area contributed by atoms with Crippen LogP contribution in [0.1, 0.15) is 18.9 Å². The van der Waals surface area contributed by atoms with E-state index in [1.165, 1.54) is 7.11 Å². The molecule has 1 fully saturated rings. The third-order valence-electron chi connectivity index (χ3n) is 5.32. The van der Waals surface area contributed by atoms with Crippen molar-refractivity contribution in [1.82, 2.24) is 14.5 Å². The van der Waals surface area contributed by atoms with Gasteiger partial charge in [-0.1, -0.05) is 18.2 Å². The zero-order valence-corrected chi connectivity index (χ0v) is 16.6. The maximum atomic E-state index is 13.9. The van der Waals surface area contributed by atoms with Crippen molar-refractivity contribution in [2.45, 2.75) is 18.9 Å². The number of benzene rings is 2. The number of methoxy groups -OCH3 is 1. The molecule has 5 rings (SSSR count). The minimum absolute atomic E-state index is 0.113. The molecule has 1 aliphatic carbocycles. The number of hydrogen-bond acceptors (Lipinski definition) is 6. The number of aromatic nitrogens is 3. The van der Waals surface area contributed by atoms with Crippen LogP contribution in [0.5, 0.6) is 5.75 Å². The van der Waals surface area contributed by atoms with E-state index >= 15 is 0 Å². The van der Waals surface area contributed by atoms with Crippen LogP contribution in [0.15, 0.2) is 54.9 Å². The second kappa shape index (κ2) is 7.35. The van der Waals surface area contributed by atoms with Gasteiger partial charge in [-0.05, 0) is 25.0 Å². The molecule has 0 unspecified atom stereocenters. The summed E-state index contributed by atoms with van der Waals surface area (Å²) in [5.41, 5.74) is 2.39. The maximum absolute atomic E-state index is 13.9. The Morgan fingerprint density at radius 3 is 2.81 bits per heavy atom. The first kappa shape index (κ1) is 19.0. The Bertz CT molecular complexity index is 1320. The van der Waals surface area contributed by atoms with Crippen molar-refractivity contribution in [1.29, 1.82) is 0 Å². The highest BCUT2D eigenvalue weighted by molar-refractivity contribution is 5.95. The number of halogens is 1. The number of nitrogens with zero attached hydrogens (tertiary/aromatic N) is 4. The molecule has 0 saturated heterocycles. The number of para-hydroxylation sites is 1. The summed E-state index contributed by atoms with van der Waals surface area (Å²) in [6.45, 7) is 0. The number of hydrogen-bond donors (Lipinski definition) is 1. The van der Waals surface area contributed by atoms with E-state index in [1.807, 2.05) is 18.2 Å². The van der Waals surface area contributed by atoms with Crippen molar-refractivity contribution in [3.05, 3.63) is 70.8 Å². The van der Waals surface area contributed by atoms with Gasteiger partial charge < -0.3 is 14.6 Å². The van der Waals surface area contributed by atoms with Gasteiger partial charge in [-0.25, -0.2) is 9.97 Å². The average Bonchev–Trinajstić information content (AvgIpc) is 3.54. The number of nitro groups is 1. The first-order chi connectivity index (χ1) is 15.0. The van der Waals surface area contributed by atoms with E-state index in [0.29, 0.717) is 11.7 Å². The number of nitro benzene ring substituents is 1. The molecule has 2 aromatic carbocycles. The van der Waals surface area contributed by atoms with Crippen molar-refractivity contribution >= 4 is 28.2 Å². The van der Waals surface area contributed by atoms with E-state index in [-0.39, 0.29) is 17.4 Å². The summed E-state index contributed by atoms with van der Waals surface area (Å²) < 4.78 is 21.4. The molecule has 0 amide bonds. The highest BCUT2D eigenvalue weighted by atomic mass is 19.1. The fourth-order valence-electron chi connectivity index (χ4n) is 3.70. The lowest BCUT2D eigenvalue weighted by atomic mass is 10.1. The summed E-state index contributed by atoms with van der Waals surface area (Å²) >= 11 is 0. The lowest BCUT2D eigenvalue weighted by molar-refractivity contribution is -0.387. The molecule has 9 heteroatoms. The number of anilines is 2. The van der Waals surface area contributed by atoms with Gasteiger partial charge in [0.15, 0.2) is 0 Å². The van der Waals surface area contributed by atoms with Crippen molar-refractivity contribution in [3.63, 3.8) is 0 Å². The molecule has 0 atom stereocenters. The average molecular weight is 419 g/mol. The highest BCUT2D eigenvalue weighted by Crippen LogP contribution is 2.41. The molecule has 156 valence electrons. The first-order valence-corrected chi connectivity index (χ1v) is 9.77. The van der Waals surface area contributed by atoms with Gasteiger partial charge in [0.25, 0.3) is 0 Å². The lowest BCUT2D eigenvalue weighted by Crippen LogP contribution is -2.02. The summed E-state index contributed by atoms with van der Waals surface area (Å²) in [5, 5.41) is 15.1. The van der Waals surface area contributed by atoms with Gasteiger partial charge in [0.05, 0.1) is 23.4 Å². The van der Waals surface area contributed by atoms with E-state index in [9.17, 15) is 14.5 Å². The summed E-state index contributed by atoms with van der Waals surface area (Å²) in [5.74, 6) is -0.641.